The smallest absolute Gasteiger partial charge is 0.136 e. The van der Waals surface area contributed by atoms with Gasteiger partial charge < -0.3 is 5.32 Å². The molecule has 0 aromatic heterocycles. The highest BCUT2D eigenvalue weighted by molar-refractivity contribution is 5.81. The van der Waals surface area contributed by atoms with Gasteiger partial charge in [-0.1, -0.05) is 0 Å². The van der Waals surface area contributed by atoms with Crippen molar-refractivity contribution in [2.24, 2.45) is 35.5 Å². The maximum atomic E-state index is 12.6. The lowest BCUT2D eigenvalue weighted by Crippen LogP contribution is -2.46. The van der Waals surface area contributed by atoms with Crippen LogP contribution in [0.4, 0.5) is 0 Å². The molecule has 0 aromatic carbocycles. The van der Waals surface area contributed by atoms with Crippen molar-refractivity contribution in [1.82, 2.24) is 5.32 Å². The first-order valence-corrected chi connectivity index (χ1v) is 8.53. The van der Waals surface area contributed by atoms with Crippen LogP contribution >= 0.6 is 0 Å². The van der Waals surface area contributed by atoms with Crippen LogP contribution in [0.1, 0.15) is 51.4 Å². The topological polar surface area (TPSA) is 29.1 Å². The fraction of sp³-hybridized carbons (Fsp3) is 0.941. The summed E-state index contributed by atoms with van der Waals surface area (Å²) >= 11 is 0. The fourth-order valence-corrected chi connectivity index (χ4v) is 5.91. The highest BCUT2D eigenvalue weighted by Gasteiger charge is 2.48. The van der Waals surface area contributed by atoms with Gasteiger partial charge in [-0.15, -0.1) is 0 Å². The monoisotopic (exact) mass is 261 g/mol. The van der Waals surface area contributed by atoms with Gasteiger partial charge in [-0.05, 0) is 87.6 Å². The minimum Gasteiger partial charge on any atom is -0.317 e. The molecule has 1 N–H and O–H groups in total. The van der Waals surface area contributed by atoms with E-state index in [1.165, 1.54) is 32.1 Å². The second-order valence-corrected chi connectivity index (χ2v) is 7.79. The number of carbonyl (C=O) groups is 1. The van der Waals surface area contributed by atoms with Crippen LogP contribution in [0.3, 0.4) is 0 Å². The van der Waals surface area contributed by atoms with E-state index in [1.807, 2.05) is 0 Å². The molecule has 5 rings (SSSR count). The summed E-state index contributed by atoms with van der Waals surface area (Å²) in [6.45, 7) is 2.11. The molecule has 1 heterocycles. The third-order valence-electron chi connectivity index (χ3n) is 6.65. The van der Waals surface area contributed by atoms with Gasteiger partial charge in [-0.2, -0.15) is 0 Å². The summed E-state index contributed by atoms with van der Waals surface area (Å²) in [4.78, 5) is 12.6. The Morgan fingerprint density at radius 2 is 1.47 bits per heavy atom. The summed E-state index contributed by atoms with van der Waals surface area (Å²) in [6, 6.07) is 0. The van der Waals surface area contributed by atoms with Gasteiger partial charge in [-0.3, -0.25) is 4.79 Å². The molecule has 1 saturated heterocycles. The molecular formula is C17H27NO. The number of rotatable bonds is 3. The van der Waals surface area contributed by atoms with Crippen LogP contribution in [-0.4, -0.2) is 18.9 Å². The van der Waals surface area contributed by atoms with Crippen LogP contribution in [0.25, 0.3) is 0 Å². The summed E-state index contributed by atoms with van der Waals surface area (Å²) in [5, 5.41) is 3.37. The average Bonchev–Trinajstić information content (AvgIpc) is 2.43. The van der Waals surface area contributed by atoms with Crippen LogP contribution in [0.5, 0.6) is 0 Å². The Morgan fingerprint density at radius 1 is 0.895 bits per heavy atom. The number of hydrogen-bond acceptors (Lipinski definition) is 2. The van der Waals surface area contributed by atoms with Crippen molar-refractivity contribution in [2.45, 2.75) is 51.4 Å². The largest absolute Gasteiger partial charge is 0.317 e. The molecule has 0 radical (unpaired) electrons. The second kappa shape index (κ2) is 4.87. The van der Waals surface area contributed by atoms with Crippen LogP contribution in [0.2, 0.25) is 0 Å². The molecule has 4 saturated carbocycles. The summed E-state index contributed by atoms with van der Waals surface area (Å²) in [7, 11) is 0. The summed E-state index contributed by atoms with van der Waals surface area (Å²) < 4.78 is 0. The molecule has 2 nitrogen and oxygen atoms in total. The van der Waals surface area contributed by atoms with Gasteiger partial charge in [0, 0.05) is 12.3 Å². The second-order valence-electron chi connectivity index (χ2n) is 7.79. The van der Waals surface area contributed by atoms with E-state index in [1.54, 1.807) is 0 Å². The summed E-state index contributed by atoms with van der Waals surface area (Å²) in [5.74, 6) is 5.68. The normalized spacial score (nSPS) is 45.6. The Hall–Kier alpha value is -0.370. The maximum absolute atomic E-state index is 12.6. The molecular weight excluding hydrogens is 234 g/mol. The molecule has 5 fully saturated rings. The van der Waals surface area contributed by atoms with Crippen LogP contribution in [0.15, 0.2) is 0 Å². The van der Waals surface area contributed by atoms with Gasteiger partial charge in [0.25, 0.3) is 0 Å². The van der Waals surface area contributed by atoms with E-state index in [4.69, 9.17) is 0 Å². The van der Waals surface area contributed by atoms with E-state index in [0.717, 1.165) is 61.9 Å². The summed E-state index contributed by atoms with van der Waals surface area (Å²) in [5.41, 5.74) is 0. The molecule has 106 valence electrons. The molecule has 0 spiro atoms. The molecule has 2 heteroatoms. The molecule has 0 atom stereocenters. The first-order chi connectivity index (χ1) is 9.29. The quantitative estimate of drug-likeness (QED) is 0.846. The van der Waals surface area contributed by atoms with Crippen molar-refractivity contribution in [1.29, 1.82) is 0 Å². The Morgan fingerprint density at radius 3 is 2.05 bits per heavy atom. The molecule has 1 aliphatic heterocycles. The SMILES string of the molecule is O=C(CC1C2CC3CC(C2)CC1C3)C1CCNCC1. The minimum atomic E-state index is 0.387. The number of hydrogen-bond donors (Lipinski definition) is 1. The fourth-order valence-electron chi connectivity index (χ4n) is 5.91. The maximum Gasteiger partial charge on any atom is 0.136 e. The molecule has 4 aliphatic carbocycles. The van der Waals surface area contributed by atoms with Gasteiger partial charge in [-0.25, -0.2) is 0 Å². The predicted octanol–water partition coefficient (Wildman–Crippen LogP) is 3.02. The number of nitrogens with one attached hydrogen (secondary N) is 1. The lowest BCUT2D eigenvalue weighted by molar-refractivity contribution is -0.128. The first kappa shape index (κ1) is 12.4. The van der Waals surface area contributed by atoms with E-state index in [-0.39, 0.29) is 0 Å². The molecule has 0 aromatic rings. The lowest BCUT2D eigenvalue weighted by Gasteiger charge is -2.54. The van der Waals surface area contributed by atoms with Crippen LogP contribution in [0, 0.1) is 35.5 Å². The number of Topliss-reactive ketones (excluding diaryl/α,β-unsaturated/α-hetero) is 1. The number of carbonyl (C=O) groups excluding carboxylic acids is 1. The van der Waals surface area contributed by atoms with E-state index in [2.05, 4.69) is 5.32 Å². The Balaban J connectivity index is 1.41. The van der Waals surface area contributed by atoms with Crippen LogP contribution in [-0.2, 0) is 4.79 Å². The van der Waals surface area contributed by atoms with E-state index in [9.17, 15) is 4.79 Å². The highest BCUT2D eigenvalue weighted by atomic mass is 16.1. The molecule has 19 heavy (non-hydrogen) atoms. The third-order valence-corrected chi connectivity index (χ3v) is 6.65. The molecule has 5 aliphatic rings. The van der Waals surface area contributed by atoms with Crippen molar-refractivity contribution >= 4 is 5.78 Å². The lowest BCUT2D eigenvalue weighted by atomic mass is 9.51. The predicted molar refractivity (Wildman–Crippen MR) is 75.8 cm³/mol. The number of ketones is 1. The standard InChI is InChI=1S/C17H27NO/c19-17(13-1-3-18-4-2-13)10-16-14-6-11-5-12(8-14)9-15(16)7-11/h11-16,18H,1-10H2. The molecule has 4 bridgehead atoms. The van der Waals surface area contributed by atoms with E-state index < -0.39 is 0 Å². The minimum absolute atomic E-state index is 0.387. The van der Waals surface area contributed by atoms with Crippen LogP contribution < -0.4 is 5.32 Å². The number of piperidine rings is 1. The summed E-state index contributed by atoms with van der Waals surface area (Å²) in [6.07, 6.45) is 10.4. The zero-order valence-electron chi connectivity index (χ0n) is 11.9. The third kappa shape index (κ3) is 2.26. The van der Waals surface area contributed by atoms with Gasteiger partial charge in [0.2, 0.25) is 0 Å². The highest BCUT2D eigenvalue weighted by Crippen LogP contribution is 2.57. The Labute approximate surface area is 116 Å². The van der Waals surface area contributed by atoms with Crippen molar-refractivity contribution in [3.8, 4) is 0 Å². The zero-order valence-corrected chi connectivity index (χ0v) is 11.9. The van der Waals surface area contributed by atoms with Crippen molar-refractivity contribution in [3.63, 3.8) is 0 Å². The van der Waals surface area contributed by atoms with Crippen molar-refractivity contribution in [3.05, 3.63) is 0 Å². The van der Waals surface area contributed by atoms with Crippen molar-refractivity contribution < 1.29 is 4.79 Å². The zero-order chi connectivity index (χ0) is 12.8. The average molecular weight is 261 g/mol. The molecule has 0 amide bonds. The molecule has 0 unspecified atom stereocenters. The first-order valence-electron chi connectivity index (χ1n) is 8.53. The Bertz CT molecular complexity index is 330. The van der Waals surface area contributed by atoms with E-state index in [0.29, 0.717) is 11.7 Å². The van der Waals surface area contributed by atoms with Gasteiger partial charge in [0.1, 0.15) is 5.78 Å². The van der Waals surface area contributed by atoms with E-state index >= 15 is 0 Å². The van der Waals surface area contributed by atoms with Gasteiger partial charge in [0.05, 0.1) is 0 Å². The van der Waals surface area contributed by atoms with Gasteiger partial charge in [0.15, 0.2) is 0 Å². The van der Waals surface area contributed by atoms with Gasteiger partial charge >= 0.3 is 0 Å². The Kier molecular flexibility index (Phi) is 3.17. The van der Waals surface area contributed by atoms with Crippen molar-refractivity contribution in [2.75, 3.05) is 13.1 Å².